The molecule has 5 heteroatoms. The predicted molar refractivity (Wildman–Crippen MR) is 65.4 cm³/mol. The van der Waals surface area contributed by atoms with Gasteiger partial charge in [-0.15, -0.1) is 10.2 Å². The van der Waals surface area contributed by atoms with E-state index in [1.807, 2.05) is 30.1 Å². The van der Waals surface area contributed by atoms with Crippen LogP contribution in [0.25, 0.3) is 5.65 Å². The highest BCUT2D eigenvalue weighted by Crippen LogP contribution is 2.32. The summed E-state index contributed by atoms with van der Waals surface area (Å²) in [6, 6.07) is 4.02. The molecule has 1 unspecified atom stereocenters. The summed E-state index contributed by atoms with van der Waals surface area (Å²) >= 11 is 5.49. The Morgan fingerprint density at radius 2 is 2.40 bits per heavy atom. The molecule has 2 aromatic rings. The average molecular weight is 284 g/mol. The van der Waals surface area contributed by atoms with Crippen molar-refractivity contribution in [3.05, 3.63) is 28.6 Å². The van der Waals surface area contributed by atoms with Gasteiger partial charge in [0, 0.05) is 17.9 Å². The van der Waals surface area contributed by atoms with Crippen LogP contribution in [0.4, 0.5) is 0 Å². The molecule has 1 atom stereocenters. The Hall–Kier alpha value is -0.550. The molecular weight excluding hydrogens is 274 g/mol. The maximum Gasteiger partial charge on any atom is 0.175 e. The van der Waals surface area contributed by atoms with Crippen LogP contribution in [-0.2, 0) is 0 Å². The Morgan fingerprint density at radius 3 is 3.20 bits per heavy atom. The summed E-state index contributed by atoms with van der Waals surface area (Å²) in [6.45, 7) is 0. The number of pyridine rings is 1. The summed E-state index contributed by atoms with van der Waals surface area (Å²) in [6.07, 6.45) is 3.26. The number of nitrogens with zero attached hydrogens (tertiary/aromatic N) is 3. The van der Waals surface area contributed by atoms with Crippen LogP contribution in [0.2, 0.25) is 0 Å². The van der Waals surface area contributed by atoms with Crippen molar-refractivity contribution in [1.82, 2.24) is 14.6 Å². The van der Waals surface area contributed by atoms with Crippen molar-refractivity contribution in [2.24, 2.45) is 0 Å². The minimum absolute atomic E-state index is 0.569. The number of rotatable bonds is 1. The topological polar surface area (TPSA) is 30.2 Å². The number of hydrogen-bond acceptors (Lipinski definition) is 3. The zero-order valence-electron chi connectivity index (χ0n) is 8.06. The van der Waals surface area contributed by atoms with Gasteiger partial charge in [0.2, 0.25) is 0 Å². The first-order valence-electron chi connectivity index (χ1n) is 4.93. The van der Waals surface area contributed by atoms with Gasteiger partial charge in [0.1, 0.15) is 5.82 Å². The molecule has 0 aromatic carbocycles. The van der Waals surface area contributed by atoms with Crippen LogP contribution >= 0.6 is 27.7 Å². The van der Waals surface area contributed by atoms with Crippen molar-refractivity contribution in [2.45, 2.75) is 12.3 Å². The van der Waals surface area contributed by atoms with Gasteiger partial charge >= 0.3 is 0 Å². The average Bonchev–Trinajstić information content (AvgIpc) is 2.85. The fraction of sp³-hybridized carbons (Fsp3) is 0.400. The Morgan fingerprint density at radius 1 is 1.47 bits per heavy atom. The molecule has 15 heavy (non-hydrogen) atoms. The van der Waals surface area contributed by atoms with Crippen LogP contribution < -0.4 is 0 Å². The molecule has 0 bridgehead atoms. The molecule has 0 amide bonds. The molecule has 3 rings (SSSR count). The van der Waals surface area contributed by atoms with Gasteiger partial charge in [-0.3, -0.25) is 4.40 Å². The number of fused-ring (bicyclic) bond motifs is 1. The van der Waals surface area contributed by atoms with Gasteiger partial charge in [0.05, 0.1) is 4.47 Å². The van der Waals surface area contributed by atoms with E-state index in [2.05, 4.69) is 30.5 Å². The van der Waals surface area contributed by atoms with E-state index in [9.17, 15) is 0 Å². The van der Waals surface area contributed by atoms with Crippen molar-refractivity contribution in [2.75, 3.05) is 11.5 Å². The monoisotopic (exact) mass is 283 g/mol. The second-order valence-electron chi connectivity index (χ2n) is 3.67. The third kappa shape index (κ3) is 1.58. The van der Waals surface area contributed by atoms with Crippen molar-refractivity contribution in [3.8, 4) is 0 Å². The fourth-order valence-corrected chi connectivity index (χ4v) is 3.56. The van der Waals surface area contributed by atoms with E-state index in [0.29, 0.717) is 5.92 Å². The standard InChI is InChI=1S/C10H10BrN3S/c11-8-2-1-4-14-9(12-13-10(8)14)7-3-5-15-6-7/h1-2,4,7H,3,5-6H2. The second kappa shape index (κ2) is 3.79. The quantitative estimate of drug-likeness (QED) is 0.806. The summed E-state index contributed by atoms with van der Waals surface area (Å²) < 4.78 is 3.11. The molecule has 0 radical (unpaired) electrons. The van der Waals surface area contributed by atoms with Crippen LogP contribution in [0.1, 0.15) is 18.2 Å². The lowest BCUT2D eigenvalue weighted by Gasteiger charge is -2.05. The molecule has 1 aliphatic heterocycles. The Bertz CT molecular complexity index is 490. The van der Waals surface area contributed by atoms with E-state index in [1.165, 1.54) is 17.9 Å². The predicted octanol–water partition coefficient (Wildman–Crippen LogP) is 2.71. The van der Waals surface area contributed by atoms with Crippen LogP contribution in [0.3, 0.4) is 0 Å². The Balaban J connectivity index is 2.15. The van der Waals surface area contributed by atoms with Gasteiger partial charge in [-0.25, -0.2) is 0 Å². The normalized spacial score (nSPS) is 21.3. The lowest BCUT2D eigenvalue weighted by Crippen LogP contribution is -2.02. The summed E-state index contributed by atoms with van der Waals surface area (Å²) in [7, 11) is 0. The maximum absolute atomic E-state index is 4.31. The molecule has 3 nitrogen and oxygen atoms in total. The van der Waals surface area contributed by atoms with E-state index in [0.717, 1.165) is 15.9 Å². The van der Waals surface area contributed by atoms with Crippen molar-refractivity contribution >= 4 is 33.3 Å². The summed E-state index contributed by atoms with van der Waals surface area (Å²) in [5.74, 6) is 4.09. The smallest absolute Gasteiger partial charge is 0.175 e. The number of hydrogen-bond donors (Lipinski definition) is 0. The van der Waals surface area contributed by atoms with Gasteiger partial charge in [-0.05, 0) is 40.2 Å². The zero-order valence-corrected chi connectivity index (χ0v) is 10.5. The first-order valence-corrected chi connectivity index (χ1v) is 6.88. The zero-order chi connectivity index (χ0) is 10.3. The largest absolute Gasteiger partial charge is 0.285 e. The first kappa shape index (κ1) is 9.66. The van der Waals surface area contributed by atoms with Gasteiger partial charge < -0.3 is 0 Å². The lowest BCUT2D eigenvalue weighted by atomic mass is 10.1. The van der Waals surface area contributed by atoms with Gasteiger partial charge in [0.25, 0.3) is 0 Å². The van der Waals surface area contributed by atoms with Gasteiger partial charge in [-0.2, -0.15) is 11.8 Å². The molecule has 1 fully saturated rings. The van der Waals surface area contributed by atoms with Crippen molar-refractivity contribution in [3.63, 3.8) is 0 Å². The number of thioether (sulfide) groups is 1. The number of aromatic nitrogens is 3. The van der Waals surface area contributed by atoms with E-state index < -0.39 is 0 Å². The molecule has 3 heterocycles. The summed E-state index contributed by atoms with van der Waals surface area (Å²) in [5.41, 5.74) is 0.921. The number of halogens is 1. The third-order valence-electron chi connectivity index (χ3n) is 2.71. The van der Waals surface area contributed by atoms with E-state index in [4.69, 9.17) is 0 Å². The molecule has 1 aliphatic rings. The minimum atomic E-state index is 0.569. The van der Waals surface area contributed by atoms with E-state index in [1.54, 1.807) is 0 Å². The molecule has 0 aliphatic carbocycles. The first-order chi connectivity index (χ1) is 7.36. The van der Waals surface area contributed by atoms with Crippen molar-refractivity contribution in [1.29, 1.82) is 0 Å². The van der Waals surface area contributed by atoms with E-state index >= 15 is 0 Å². The SMILES string of the molecule is Brc1cccn2c(C3CCSC3)nnc12. The highest BCUT2D eigenvalue weighted by atomic mass is 79.9. The summed E-state index contributed by atoms with van der Waals surface area (Å²) in [4.78, 5) is 0. The lowest BCUT2D eigenvalue weighted by molar-refractivity contribution is 0.705. The molecule has 78 valence electrons. The Kier molecular flexibility index (Phi) is 2.44. The van der Waals surface area contributed by atoms with Gasteiger partial charge in [-0.1, -0.05) is 0 Å². The third-order valence-corrected chi connectivity index (χ3v) is 4.49. The molecule has 0 saturated carbocycles. The molecular formula is C10H10BrN3S. The highest BCUT2D eigenvalue weighted by molar-refractivity contribution is 9.10. The summed E-state index contributed by atoms with van der Waals surface area (Å²) in [5, 5.41) is 8.53. The maximum atomic E-state index is 4.31. The van der Waals surface area contributed by atoms with Crippen LogP contribution in [0.15, 0.2) is 22.8 Å². The molecule has 0 N–H and O–H groups in total. The van der Waals surface area contributed by atoms with Crippen LogP contribution in [-0.4, -0.2) is 26.1 Å². The minimum Gasteiger partial charge on any atom is -0.285 e. The Labute approximate surface area is 100 Å². The molecule has 1 saturated heterocycles. The van der Waals surface area contributed by atoms with Crippen LogP contribution in [0, 0.1) is 0 Å². The van der Waals surface area contributed by atoms with E-state index in [-0.39, 0.29) is 0 Å². The van der Waals surface area contributed by atoms with Crippen LogP contribution in [0.5, 0.6) is 0 Å². The molecule has 2 aromatic heterocycles. The fourth-order valence-electron chi connectivity index (χ4n) is 1.92. The highest BCUT2D eigenvalue weighted by Gasteiger charge is 2.22. The second-order valence-corrected chi connectivity index (χ2v) is 5.67. The van der Waals surface area contributed by atoms with Crippen molar-refractivity contribution < 1.29 is 0 Å². The van der Waals surface area contributed by atoms with Gasteiger partial charge in [0.15, 0.2) is 5.65 Å². The molecule has 0 spiro atoms.